The van der Waals surface area contributed by atoms with Crippen LogP contribution in [0.15, 0.2) is 70.1 Å². The Morgan fingerprint density at radius 2 is 1.66 bits per heavy atom. The highest BCUT2D eigenvalue weighted by Gasteiger charge is 2.24. The van der Waals surface area contributed by atoms with Crippen molar-refractivity contribution >= 4 is 16.8 Å². The Bertz CT molecular complexity index is 1220. The minimum atomic E-state index is -0.591. The molecule has 0 fully saturated rings. The predicted molar refractivity (Wildman–Crippen MR) is 104 cm³/mol. The van der Waals surface area contributed by atoms with Crippen LogP contribution in [-0.2, 0) is 0 Å². The number of oxazole rings is 1. The Hall–Kier alpha value is -3.41. The summed E-state index contributed by atoms with van der Waals surface area (Å²) in [6, 6.07) is 15.4. The summed E-state index contributed by atoms with van der Waals surface area (Å²) < 4.78 is 47.0. The van der Waals surface area contributed by atoms with Gasteiger partial charge in [-0.25, -0.2) is 18.2 Å². The van der Waals surface area contributed by atoms with Crippen LogP contribution >= 0.6 is 0 Å². The maximum Gasteiger partial charge on any atom is 0.227 e. The van der Waals surface area contributed by atoms with E-state index in [1.54, 1.807) is 6.07 Å². The molecule has 0 spiro atoms. The van der Waals surface area contributed by atoms with Crippen LogP contribution in [0.1, 0.15) is 30.0 Å². The van der Waals surface area contributed by atoms with Crippen molar-refractivity contribution in [3.63, 3.8) is 0 Å². The van der Waals surface area contributed by atoms with E-state index in [9.17, 15) is 13.2 Å². The van der Waals surface area contributed by atoms with Crippen LogP contribution in [0.25, 0.3) is 22.6 Å². The molecule has 1 aliphatic heterocycles. The number of fused-ring (bicyclic) bond motifs is 1. The summed E-state index contributed by atoms with van der Waals surface area (Å²) >= 11 is 0. The Balaban J connectivity index is 1.42. The third-order valence-corrected chi connectivity index (χ3v) is 5.11. The molecule has 4 aromatic rings. The summed E-state index contributed by atoms with van der Waals surface area (Å²) in [5.41, 5.74) is 3.10. The fourth-order valence-electron chi connectivity index (χ4n) is 3.66. The van der Waals surface area contributed by atoms with E-state index in [1.807, 2.05) is 24.3 Å². The molecule has 0 saturated heterocycles. The van der Waals surface area contributed by atoms with Crippen LogP contribution in [0.2, 0.25) is 0 Å². The number of aliphatic imine (C=N–C) groups is 1. The van der Waals surface area contributed by atoms with Crippen molar-refractivity contribution in [2.75, 3.05) is 0 Å². The second-order valence-corrected chi connectivity index (χ2v) is 6.98. The molecule has 144 valence electrons. The van der Waals surface area contributed by atoms with E-state index in [0.29, 0.717) is 35.5 Å². The zero-order valence-electron chi connectivity index (χ0n) is 15.2. The van der Waals surface area contributed by atoms with Crippen molar-refractivity contribution in [1.29, 1.82) is 0 Å². The van der Waals surface area contributed by atoms with Crippen LogP contribution in [0.3, 0.4) is 0 Å². The van der Waals surface area contributed by atoms with Gasteiger partial charge in [-0.3, -0.25) is 4.99 Å². The molecular weight excluding hydrogens is 377 g/mol. The second kappa shape index (κ2) is 6.88. The zero-order valence-corrected chi connectivity index (χ0v) is 15.2. The molecule has 2 heterocycles. The first-order chi connectivity index (χ1) is 14.1. The van der Waals surface area contributed by atoms with Gasteiger partial charge >= 0.3 is 0 Å². The number of hydrogen-bond donors (Lipinski definition) is 0. The van der Waals surface area contributed by atoms with Crippen LogP contribution < -0.4 is 0 Å². The van der Waals surface area contributed by atoms with Crippen molar-refractivity contribution in [2.45, 2.75) is 18.9 Å². The van der Waals surface area contributed by atoms with Crippen molar-refractivity contribution in [3.05, 3.63) is 89.2 Å². The molecular formula is C23H15F3N2O. The predicted octanol–water partition coefficient (Wildman–Crippen LogP) is 6.24. The maximum absolute atomic E-state index is 14.0. The second-order valence-electron chi connectivity index (χ2n) is 6.98. The molecule has 0 N–H and O–H groups in total. The number of halogens is 3. The van der Waals surface area contributed by atoms with Gasteiger partial charge in [0.2, 0.25) is 5.89 Å². The van der Waals surface area contributed by atoms with Gasteiger partial charge in [0.25, 0.3) is 0 Å². The molecule has 3 nitrogen and oxygen atoms in total. The number of nitrogens with zero attached hydrogens (tertiary/aromatic N) is 2. The van der Waals surface area contributed by atoms with E-state index in [2.05, 4.69) is 9.98 Å². The summed E-state index contributed by atoms with van der Waals surface area (Å²) in [6.07, 6.45) is 1.20. The standard InChI is InChI=1S/C23H15F3N2O/c24-15-8-9-19-21(12-15)29-23(28-19)14-6-4-13(5-7-14)18-10-11-20(27-18)22-16(25)2-1-3-17(22)26/h1-9,12,18H,10-11H2. The van der Waals surface area contributed by atoms with Gasteiger partial charge in [0, 0.05) is 17.3 Å². The number of rotatable bonds is 3. The first-order valence-electron chi connectivity index (χ1n) is 9.26. The van der Waals surface area contributed by atoms with Gasteiger partial charge < -0.3 is 4.42 Å². The van der Waals surface area contributed by atoms with E-state index in [4.69, 9.17) is 4.42 Å². The van der Waals surface area contributed by atoms with Gasteiger partial charge in [-0.15, -0.1) is 0 Å². The summed E-state index contributed by atoms with van der Waals surface area (Å²) in [4.78, 5) is 8.93. The number of hydrogen-bond acceptors (Lipinski definition) is 3. The van der Waals surface area contributed by atoms with Gasteiger partial charge in [0.15, 0.2) is 5.58 Å². The van der Waals surface area contributed by atoms with E-state index in [0.717, 1.165) is 11.1 Å². The van der Waals surface area contributed by atoms with E-state index < -0.39 is 11.6 Å². The fraction of sp³-hybridized carbons (Fsp3) is 0.130. The lowest BCUT2D eigenvalue weighted by Gasteiger charge is -2.07. The normalized spacial score (nSPS) is 16.4. The molecule has 1 aromatic heterocycles. The molecule has 3 aromatic carbocycles. The van der Waals surface area contributed by atoms with E-state index in [-0.39, 0.29) is 17.4 Å². The molecule has 1 unspecified atom stereocenters. The average Bonchev–Trinajstić information content (AvgIpc) is 3.35. The van der Waals surface area contributed by atoms with Gasteiger partial charge in [-0.1, -0.05) is 18.2 Å². The average molecular weight is 392 g/mol. The third-order valence-electron chi connectivity index (χ3n) is 5.11. The molecule has 0 aliphatic carbocycles. The van der Waals surface area contributed by atoms with Crippen LogP contribution in [0, 0.1) is 17.5 Å². The number of benzene rings is 3. The summed E-state index contributed by atoms with van der Waals surface area (Å²) in [7, 11) is 0. The lowest BCUT2D eigenvalue weighted by molar-refractivity contribution is 0.578. The quantitative estimate of drug-likeness (QED) is 0.414. The van der Waals surface area contributed by atoms with Crippen LogP contribution in [0.4, 0.5) is 13.2 Å². The highest BCUT2D eigenvalue weighted by Crippen LogP contribution is 2.33. The molecule has 0 amide bonds. The topological polar surface area (TPSA) is 38.4 Å². The van der Waals surface area contributed by atoms with Crippen LogP contribution in [-0.4, -0.2) is 10.7 Å². The maximum atomic E-state index is 14.0. The fourth-order valence-corrected chi connectivity index (χ4v) is 3.66. The Kier molecular flexibility index (Phi) is 4.19. The van der Waals surface area contributed by atoms with Crippen LogP contribution in [0.5, 0.6) is 0 Å². The third kappa shape index (κ3) is 3.20. The van der Waals surface area contributed by atoms with Crippen molar-refractivity contribution in [2.24, 2.45) is 4.99 Å². The summed E-state index contributed by atoms with van der Waals surface area (Å²) in [5.74, 6) is -1.16. The smallest absolute Gasteiger partial charge is 0.227 e. The van der Waals surface area contributed by atoms with Crippen molar-refractivity contribution < 1.29 is 17.6 Å². The molecule has 0 bridgehead atoms. The highest BCUT2D eigenvalue weighted by atomic mass is 19.1. The first-order valence-corrected chi connectivity index (χ1v) is 9.26. The van der Waals surface area contributed by atoms with Gasteiger partial charge in [-0.2, -0.15) is 0 Å². The molecule has 29 heavy (non-hydrogen) atoms. The Morgan fingerprint density at radius 1 is 0.897 bits per heavy atom. The number of aromatic nitrogens is 1. The minimum Gasteiger partial charge on any atom is -0.436 e. The van der Waals surface area contributed by atoms with Gasteiger partial charge in [0.05, 0.1) is 11.6 Å². The SMILES string of the molecule is Fc1ccc2nc(-c3ccc(C4CCC(c5c(F)cccc5F)=N4)cc3)oc2c1. The van der Waals surface area contributed by atoms with Crippen molar-refractivity contribution in [3.8, 4) is 11.5 Å². The molecule has 1 atom stereocenters. The first kappa shape index (κ1) is 17.7. The van der Waals surface area contributed by atoms with E-state index >= 15 is 0 Å². The monoisotopic (exact) mass is 392 g/mol. The van der Waals surface area contributed by atoms with E-state index in [1.165, 1.54) is 30.3 Å². The molecule has 0 saturated carbocycles. The van der Waals surface area contributed by atoms with Crippen molar-refractivity contribution in [1.82, 2.24) is 4.98 Å². The molecule has 1 aliphatic rings. The minimum absolute atomic E-state index is 0.0367. The lowest BCUT2D eigenvalue weighted by Crippen LogP contribution is -2.03. The lowest BCUT2D eigenvalue weighted by atomic mass is 10.0. The zero-order chi connectivity index (χ0) is 20.0. The Morgan fingerprint density at radius 3 is 2.41 bits per heavy atom. The molecule has 5 rings (SSSR count). The highest BCUT2D eigenvalue weighted by molar-refractivity contribution is 6.02. The van der Waals surface area contributed by atoms with Gasteiger partial charge in [-0.05, 0) is 54.8 Å². The van der Waals surface area contributed by atoms with Gasteiger partial charge in [0.1, 0.15) is 23.0 Å². The molecule has 6 heteroatoms. The Labute approximate surface area is 164 Å². The summed E-state index contributed by atoms with van der Waals surface area (Å²) in [5, 5.41) is 0. The largest absolute Gasteiger partial charge is 0.436 e. The summed E-state index contributed by atoms with van der Waals surface area (Å²) in [6.45, 7) is 0. The molecule has 0 radical (unpaired) electrons.